The summed E-state index contributed by atoms with van der Waals surface area (Å²) in [7, 11) is 0. The van der Waals surface area contributed by atoms with Crippen molar-refractivity contribution in [3.63, 3.8) is 0 Å². The zero-order chi connectivity index (χ0) is 9.84. The largest absolute Gasteiger partial charge is 0.477 e. The summed E-state index contributed by atoms with van der Waals surface area (Å²) >= 11 is 1.54. The Morgan fingerprint density at radius 3 is 2.77 bits per heavy atom. The molecule has 0 aromatic carbocycles. The van der Waals surface area contributed by atoms with E-state index in [-0.39, 0.29) is 12.1 Å². The Balaban J connectivity index is 2.73. The van der Waals surface area contributed by atoms with E-state index >= 15 is 0 Å². The van der Waals surface area contributed by atoms with Gasteiger partial charge in [0.05, 0.1) is 0 Å². The van der Waals surface area contributed by atoms with Crippen molar-refractivity contribution in [2.45, 2.75) is 13.3 Å². The van der Waals surface area contributed by atoms with Gasteiger partial charge in [0.2, 0.25) is 0 Å². The SMILES string of the molecule is Cc1cc(C/C(=N/O)C(=O)O)cs1. The highest BCUT2D eigenvalue weighted by molar-refractivity contribution is 7.10. The molecule has 1 aromatic heterocycles. The smallest absolute Gasteiger partial charge is 0.354 e. The molecule has 1 aromatic rings. The predicted octanol–water partition coefficient (Wildman–Crippen LogP) is 1.51. The summed E-state index contributed by atoms with van der Waals surface area (Å²) in [6, 6.07) is 1.87. The van der Waals surface area contributed by atoms with Gasteiger partial charge in [-0.1, -0.05) is 5.16 Å². The predicted molar refractivity (Wildman–Crippen MR) is 49.6 cm³/mol. The average molecular weight is 199 g/mol. The Labute approximate surface area is 79.1 Å². The standard InChI is InChI=1S/C8H9NO3S/c1-5-2-6(4-13-5)3-7(9-12)8(10)11/h2,4,12H,3H2,1H3,(H,10,11)/b9-7-. The number of thiophene rings is 1. The van der Waals surface area contributed by atoms with Crippen LogP contribution < -0.4 is 0 Å². The van der Waals surface area contributed by atoms with Gasteiger partial charge in [-0.3, -0.25) is 0 Å². The molecule has 0 bridgehead atoms. The molecule has 0 saturated heterocycles. The van der Waals surface area contributed by atoms with Crippen LogP contribution >= 0.6 is 11.3 Å². The van der Waals surface area contributed by atoms with Crippen LogP contribution in [0.3, 0.4) is 0 Å². The maximum Gasteiger partial charge on any atom is 0.354 e. The highest BCUT2D eigenvalue weighted by atomic mass is 32.1. The number of aliphatic carboxylic acids is 1. The molecular weight excluding hydrogens is 190 g/mol. The maximum atomic E-state index is 10.5. The van der Waals surface area contributed by atoms with E-state index in [1.54, 1.807) is 0 Å². The Bertz CT molecular complexity index is 343. The van der Waals surface area contributed by atoms with Crippen molar-refractivity contribution in [1.82, 2.24) is 0 Å². The molecular formula is C8H9NO3S. The van der Waals surface area contributed by atoms with Crippen LogP contribution in [0, 0.1) is 6.92 Å². The first kappa shape index (κ1) is 9.73. The monoisotopic (exact) mass is 199 g/mol. The third kappa shape index (κ3) is 2.55. The second-order valence-electron chi connectivity index (χ2n) is 2.59. The summed E-state index contributed by atoms with van der Waals surface area (Å²) in [6.45, 7) is 1.94. The van der Waals surface area contributed by atoms with E-state index in [4.69, 9.17) is 10.3 Å². The summed E-state index contributed by atoms with van der Waals surface area (Å²) in [5.41, 5.74) is 0.621. The molecule has 0 aliphatic carbocycles. The number of aryl methyl sites for hydroxylation is 1. The Morgan fingerprint density at radius 2 is 2.38 bits per heavy atom. The molecule has 0 unspecified atom stereocenters. The van der Waals surface area contributed by atoms with Crippen LogP contribution in [0.1, 0.15) is 10.4 Å². The van der Waals surface area contributed by atoms with E-state index in [1.807, 2.05) is 18.4 Å². The minimum atomic E-state index is -1.19. The topological polar surface area (TPSA) is 69.9 Å². The average Bonchev–Trinajstić information content (AvgIpc) is 2.46. The van der Waals surface area contributed by atoms with Gasteiger partial charge in [0.25, 0.3) is 0 Å². The van der Waals surface area contributed by atoms with Gasteiger partial charge in [-0.2, -0.15) is 0 Å². The maximum absolute atomic E-state index is 10.5. The van der Waals surface area contributed by atoms with E-state index in [1.165, 1.54) is 11.3 Å². The van der Waals surface area contributed by atoms with Gasteiger partial charge in [-0.25, -0.2) is 4.79 Å². The molecule has 0 aliphatic heterocycles. The lowest BCUT2D eigenvalue weighted by Crippen LogP contribution is -2.15. The van der Waals surface area contributed by atoms with Crippen molar-refractivity contribution in [2.75, 3.05) is 0 Å². The fourth-order valence-corrected chi connectivity index (χ4v) is 1.65. The molecule has 0 saturated carbocycles. The van der Waals surface area contributed by atoms with E-state index in [9.17, 15) is 4.79 Å². The van der Waals surface area contributed by atoms with Crippen molar-refractivity contribution < 1.29 is 15.1 Å². The second-order valence-corrected chi connectivity index (χ2v) is 3.71. The molecule has 0 spiro atoms. The molecule has 1 heterocycles. The van der Waals surface area contributed by atoms with Crippen molar-refractivity contribution >= 4 is 23.0 Å². The summed E-state index contributed by atoms with van der Waals surface area (Å²) in [6.07, 6.45) is 0.163. The number of hydrogen-bond acceptors (Lipinski definition) is 4. The van der Waals surface area contributed by atoms with E-state index in [2.05, 4.69) is 5.16 Å². The molecule has 13 heavy (non-hydrogen) atoms. The number of nitrogens with zero attached hydrogens (tertiary/aromatic N) is 1. The van der Waals surface area contributed by atoms with E-state index in [0.717, 1.165) is 10.4 Å². The van der Waals surface area contributed by atoms with Crippen molar-refractivity contribution in [3.05, 3.63) is 21.9 Å². The van der Waals surface area contributed by atoms with Crippen LogP contribution in [-0.2, 0) is 11.2 Å². The second kappa shape index (κ2) is 4.04. The number of hydrogen-bond donors (Lipinski definition) is 2. The van der Waals surface area contributed by atoms with Crippen LogP contribution in [0.25, 0.3) is 0 Å². The molecule has 4 nitrogen and oxygen atoms in total. The molecule has 0 amide bonds. The third-order valence-corrected chi connectivity index (χ3v) is 2.43. The van der Waals surface area contributed by atoms with Crippen LogP contribution in [0.4, 0.5) is 0 Å². The minimum absolute atomic E-state index is 0.163. The number of oxime groups is 1. The summed E-state index contributed by atoms with van der Waals surface area (Å²) in [5, 5.41) is 21.5. The molecule has 70 valence electrons. The first-order chi connectivity index (χ1) is 6.13. The van der Waals surface area contributed by atoms with Crippen molar-refractivity contribution in [3.8, 4) is 0 Å². The van der Waals surface area contributed by atoms with E-state index < -0.39 is 5.97 Å². The molecule has 2 N–H and O–H groups in total. The van der Waals surface area contributed by atoms with Crippen molar-refractivity contribution in [1.29, 1.82) is 0 Å². The number of carbonyl (C=O) groups is 1. The van der Waals surface area contributed by atoms with Gasteiger partial charge in [0.15, 0.2) is 5.71 Å². The van der Waals surface area contributed by atoms with Crippen LogP contribution in [0.15, 0.2) is 16.6 Å². The highest BCUT2D eigenvalue weighted by Crippen LogP contribution is 2.13. The fraction of sp³-hybridized carbons (Fsp3) is 0.250. The van der Waals surface area contributed by atoms with Gasteiger partial charge < -0.3 is 10.3 Å². The normalized spacial score (nSPS) is 11.6. The fourth-order valence-electron chi connectivity index (χ4n) is 0.938. The zero-order valence-electron chi connectivity index (χ0n) is 7.02. The van der Waals surface area contributed by atoms with Crippen LogP contribution in [-0.4, -0.2) is 22.0 Å². The molecule has 0 atom stereocenters. The Morgan fingerprint density at radius 1 is 1.69 bits per heavy atom. The molecule has 0 aliphatic rings. The quantitative estimate of drug-likeness (QED) is 0.440. The molecule has 0 radical (unpaired) electrons. The molecule has 0 fully saturated rings. The third-order valence-electron chi connectivity index (χ3n) is 1.52. The lowest BCUT2D eigenvalue weighted by Gasteiger charge is -1.94. The summed E-state index contributed by atoms with van der Waals surface area (Å²) < 4.78 is 0. The van der Waals surface area contributed by atoms with E-state index in [0.29, 0.717) is 0 Å². The van der Waals surface area contributed by atoms with Gasteiger partial charge in [-0.15, -0.1) is 11.3 Å². The summed E-state index contributed by atoms with van der Waals surface area (Å²) in [4.78, 5) is 11.6. The Hall–Kier alpha value is -1.36. The van der Waals surface area contributed by atoms with Gasteiger partial charge in [0, 0.05) is 11.3 Å². The summed E-state index contributed by atoms with van der Waals surface area (Å²) in [5.74, 6) is -1.19. The van der Waals surface area contributed by atoms with Crippen molar-refractivity contribution in [2.24, 2.45) is 5.16 Å². The lowest BCUT2D eigenvalue weighted by atomic mass is 10.1. The highest BCUT2D eigenvalue weighted by Gasteiger charge is 2.11. The molecule has 5 heteroatoms. The van der Waals surface area contributed by atoms with Gasteiger partial charge >= 0.3 is 5.97 Å². The molecule has 1 rings (SSSR count). The first-order valence-electron chi connectivity index (χ1n) is 3.61. The van der Waals surface area contributed by atoms with Gasteiger partial charge in [0.1, 0.15) is 0 Å². The first-order valence-corrected chi connectivity index (χ1v) is 4.49. The zero-order valence-corrected chi connectivity index (χ0v) is 7.84. The lowest BCUT2D eigenvalue weighted by molar-refractivity contribution is -0.129. The van der Waals surface area contributed by atoms with Gasteiger partial charge in [-0.05, 0) is 23.9 Å². The number of rotatable bonds is 3. The Kier molecular flexibility index (Phi) is 3.02. The number of carboxylic acids is 1. The van der Waals surface area contributed by atoms with Crippen LogP contribution in [0.5, 0.6) is 0 Å². The number of carboxylic acid groups (broad SMARTS) is 1. The minimum Gasteiger partial charge on any atom is -0.477 e. The van der Waals surface area contributed by atoms with Crippen LogP contribution in [0.2, 0.25) is 0 Å².